The first-order valence-corrected chi connectivity index (χ1v) is 13.4. The molecule has 1 aliphatic rings. The van der Waals surface area contributed by atoms with Gasteiger partial charge in [0.2, 0.25) is 5.91 Å². The van der Waals surface area contributed by atoms with Crippen LogP contribution in [-0.4, -0.2) is 77.6 Å². The second-order valence-electron chi connectivity index (χ2n) is 8.14. The lowest BCUT2D eigenvalue weighted by molar-refractivity contribution is -0.384. The molecule has 0 N–H and O–H groups in total. The lowest BCUT2D eigenvalue weighted by atomic mass is 10.2. The van der Waals surface area contributed by atoms with Crippen LogP contribution >= 0.6 is 23.1 Å². The lowest BCUT2D eigenvalue weighted by Gasteiger charge is -2.36. The van der Waals surface area contributed by atoms with Crippen molar-refractivity contribution >= 4 is 56.5 Å². The van der Waals surface area contributed by atoms with Crippen LogP contribution in [0.15, 0.2) is 53.5 Å². The average molecular weight is 530 g/mol. The van der Waals surface area contributed by atoms with E-state index in [2.05, 4.69) is 22.0 Å². The number of aromatic nitrogens is 1. The summed E-state index contributed by atoms with van der Waals surface area (Å²) in [5, 5.41) is 11.1. The number of hydrogen-bond acceptors (Lipinski definition) is 8. The third kappa shape index (κ3) is 6.31. The second-order valence-corrected chi connectivity index (χ2v) is 10.1. The summed E-state index contributed by atoms with van der Waals surface area (Å²) in [4.78, 5) is 44.7. The largest absolute Gasteiger partial charge is 0.383 e. The summed E-state index contributed by atoms with van der Waals surface area (Å²) in [5.74, 6) is -0.0396. The van der Waals surface area contributed by atoms with Gasteiger partial charge in [-0.1, -0.05) is 29.5 Å². The van der Waals surface area contributed by atoms with Gasteiger partial charge in [0.1, 0.15) is 0 Å². The molecule has 0 aliphatic carbocycles. The number of anilines is 1. The first kappa shape index (κ1) is 25.9. The van der Waals surface area contributed by atoms with Gasteiger partial charge in [-0.2, -0.15) is 4.99 Å². The smallest absolute Gasteiger partial charge is 0.270 e. The minimum Gasteiger partial charge on any atom is -0.383 e. The van der Waals surface area contributed by atoms with Crippen molar-refractivity contribution in [3.05, 3.63) is 63.4 Å². The molecule has 0 saturated carbocycles. The Morgan fingerprint density at radius 1 is 1.11 bits per heavy atom. The third-order valence-corrected chi connectivity index (χ3v) is 7.76. The van der Waals surface area contributed by atoms with E-state index in [1.807, 2.05) is 27.7 Å². The van der Waals surface area contributed by atoms with Crippen molar-refractivity contribution in [3.8, 4) is 0 Å². The molecule has 190 valence electrons. The van der Waals surface area contributed by atoms with Crippen LogP contribution in [0.5, 0.6) is 0 Å². The Bertz CT molecular complexity index is 1300. The number of nitrogens with zero attached hydrogens (tertiary/aromatic N) is 5. The molecule has 1 fully saturated rings. The van der Waals surface area contributed by atoms with Crippen LogP contribution in [0.1, 0.15) is 0 Å². The van der Waals surface area contributed by atoms with Crippen molar-refractivity contribution in [2.45, 2.75) is 6.54 Å². The fourth-order valence-corrected chi connectivity index (χ4v) is 5.77. The normalized spacial score (nSPS) is 14.4. The van der Waals surface area contributed by atoms with Crippen molar-refractivity contribution in [2.24, 2.45) is 4.99 Å². The van der Waals surface area contributed by atoms with Crippen LogP contribution < -0.4 is 9.70 Å². The maximum Gasteiger partial charge on any atom is 0.270 e. The standard InChI is InChI=1S/C24H27N5O5S2/c1-34-14-13-28-20-8-7-19(29(32)33)15-21(20)36-24(28)25-22(30)16-35-17-23(31)27-11-9-26(10-12-27)18-5-3-2-4-6-18/h2-8,15H,9-14,16-17H2,1H3. The van der Waals surface area contributed by atoms with E-state index in [1.54, 1.807) is 13.2 Å². The van der Waals surface area contributed by atoms with Crippen molar-refractivity contribution in [2.75, 3.05) is 56.3 Å². The minimum atomic E-state index is -0.449. The van der Waals surface area contributed by atoms with E-state index in [1.165, 1.54) is 35.2 Å². The molecular weight excluding hydrogens is 502 g/mol. The minimum absolute atomic E-state index is 0.0146. The number of fused-ring (bicyclic) bond motifs is 1. The third-order valence-electron chi connectivity index (χ3n) is 5.82. The fourth-order valence-electron chi connectivity index (χ4n) is 3.97. The topological polar surface area (TPSA) is 110 Å². The molecule has 1 aliphatic heterocycles. The van der Waals surface area contributed by atoms with E-state index in [0.29, 0.717) is 35.7 Å². The Morgan fingerprint density at radius 3 is 2.56 bits per heavy atom. The van der Waals surface area contributed by atoms with Gasteiger partial charge in [-0.25, -0.2) is 0 Å². The molecule has 0 atom stereocenters. The van der Waals surface area contributed by atoms with Gasteiger partial charge in [0.15, 0.2) is 4.80 Å². The number of carbonyl (C=O) groups excluding carboxylic acids is 2. The van der Waals surface area contributed by atoms with Crippen LogP contribution in [0.2, 0.25) is 0 Å². The Balaban J connectivity index is 1.34. The number of benzene rings is 2. The van der Waals surface area contributed by atoms with Gasteiger partial charge in [-0.3, -0.25) is 19.7 Å². The number of thiazole rings is 1. The Labute approximate surface area is 216 Å². The van der Waals surface area contributed by atoms with Crippen molar-refractivity contribution < 1.29 is 19.2 Å². The number of piperazine rings is 1. The predicted molar refractivity (Wildman–Crippen MR) is 141 cm³/mol. The molecule has 1 saturated heterocycles. The molecule has 10 nitrogen and oxygen atoms in total. The number of non-ortho nitro benzene ring substituents is 1. The van der Waals surface area contributed by atoms with Gasteiger partial charge >= 0.3 is 0 Å². The summed E-state index contributed by atoms with van der Waals surface area (Å²) >= 11 is 2.47. The number of rotatable bonds is 9. The van der Waals surface area contributed by atoms with E-state index >= 15 is 0 Å². The van der Waals surface area contributed by atoms with Gasteiger partial charge in [0, 0.05) is 57.7 Å². The second kappa shape index (κ2) is 12.2. The van der Waals surface area contributed by atoms with Crippen LogP contribution in [0.3, 0.4) is 0 Å². The number of carbonyl (C=O) groups is 2. The first-order valence-electron chi connectivity index (χ1n) is 11.5. The molecule has 36 heavy (non-hydrogen) atoms. The zero-order valence-corrected chi connectivity index (χ0v) is 21.5. The Morgan fingerprint density at radius 2 is 1.86 bits per heavy atom. The molecule has 2 amide bonds. The summed E-state index contributed by atoms with van der Waals surface area (Å²) in [6.07, 6.45) is 0. The molecule has 12 heteroatoms. The van der Waals surface area contributed by atoms with Crippen molar-refractivity contribution in [1.29, 1.82) is 0 Å². The molecule has 1 aromatic heterocycles. The molecule has 4 rings (SSSR count). The fraction of sp³-hybridized carbons (Fsp3) is 0.375. The lowest BCUT2D eigenvalue weighted by Crippen LogP contribution is -2.49. The summed E-state index contributed by atoms with van der Waals surface area (Å²) < 4.78 is 7.66. The Hall–Kier alpha value is -3.22. The summed E-state index contributed by atoms with van der Waals surface area (Å²) in [6.45, 7) is 3.73. The van der Waals surface area contributed by atoms with E-state index in [0.717, 1.165) is 24.3 Å². The SMILES string of the molecule is COCCn1c(=NC(=O)CSCC(=O)N2CCN(c3ccccc3)CC2)sc2cc([N+](=O)[O-])ccc21. The molecular formula is C24H27N5O5S2. The van der Waals surface area contributed by atoms with E-state index in [9.17, 15) is 19.7 Å². The van der Waals surface area contributed by atoms with Crippen LogP contribution in [-0.2, 0) is 20.9 Å². The molecule has 0 unspecified atom stereocenters. The van der Waals surface area contributed by atoms with E-state index in [4.69, 9.17) is 4.74 Å². The maximum atomic E-state index is 12.6. The van der Waals surface area contributed by atoms with E-state index in [-0.39, 0.29) is 29.0 Å². The highest BCUT2D eigenvalue weighted by Gasteiger charge is 2.21. The molecule has 3 aromatic rings. The number of amides is 2. The van der Waals surface area contributed by atoms with Gasteiger partial charge in [0.05, 0.1) is 33.3 Å². The van der Waals surface area contributed by atoms with Crippen LogP contribution in [0, 0.1) is 10.1 Å². The summed E-state index contributed by atoms with van der Waals surface area (Å²) in [7, 11) is 1.58. The summed E-state index contributed by atoms with van der Waals surface area (Å²) in [5.41, 5.74) is 1.90. The van der Waals surface area contributed by atoms with Gasteiger partial charge < -0.3 is 19.1 Å². The summed E-state index contributed by atoms with van der Waals surface area (Å²) in [6, 6.07) is 14.7. The van der Waals surface area contributed by atoms with Gasteiger partial charge in [0.25, 0.3) is 11.6 Å². The zero-order valence-electron chi connectivity index (χ0n) is 19.9. The highest BCUT2D eigenvalue weighted by atomic mass is 32.2. The highest BCUT2D eigenvalue weighted by molar-refractivity contribution is 8.00. The van der Waals surface area contributed by atoms with Crippen LogP contribution in [0.4, 0.5) is 11.4 Å². The maximum absolute atomic E-state index is 12.6. The van der Waals surface area contributed by atoms with Crippen LogP contribution in [0.25, 0.3) is 10.2 Å². The van der Waals surface area contributed by atoms with E-state index < -0.39 is 4.92 Å². The van der Waals surface area contributed by atoms with Crippen molar-refractivity contribution in [1.82, 2.24) is 9.47 Å². The predicted octanol–water partition coefficient (Wildman–Crippen LogP) is 2.77. The quantitative estimate of drug-likeness (QED) is 0.310. The van der Waals surface area contributed by atoms with Gasteiger partial charge in [-0.15, -0.1) is 11.8 Å². The zero-order chi connectivity index (χ0) is 25.5. The number of nitro groups is 1. The number of nitro benzene ring substituents is 1. The Kier molecular flexibility index (Phi) is 8.73. The molecule has 0 bridgehead atoms. The monoisotopic (exact) mass is 529 g/mol. The number of ether oxygens (including phenoxy) is 1. The first-order chi connectivity index (χ1) is 17.5. The number of methoxy groups -OCH3 is 1. The van der Waals surface area contributed by atoms with Crippen molar-refractivity contribution in [3.63, 3.8) is 0 Å². The molecule has 0 spiro atoms. The number of thioether (sulfide) groups is 1. The molecule has 2 heterocycles. The van der Waals surface area contributed by atoms with Gasteiger partial charge in [-0.05, 0) is 18.2 Å². The number of hydrogen-bond donors (Lipinski definition) is 0. The molecule has 0 radical (unpaired) electrons. The number of para-hydroxylation sites is 1. The average Bonchev–Trinajstić information content (AvgIpc) is 3.23. The molecule has 2 aromatic carbocycles. The highest BCUT2D eigenvalue weighted by Crippen LogP contribution is 2.23.